The fourth-order valence-electron chi connectivity index (χ4n) is 1.46. The van der Waals surface area contributed by atoms with E-state index >= 15 is 0 Å². The monoisotopic (exact) mass is 338 g/mol. The Morgan fingerprint density at radius 2 is 1.95 bits per heavy atom. The van der Waals surface area contributed by atoms with E-state index in [1.807, 2.05) is 6.07 Å². The van der Waals surface area contributed by atoms with Gasteiger partial charge in [0.05, 0.1) is 24.3 Å². The SMILES string of the molecule is COc1ccc(Br)c(OC)c1C(=O)[P-]CC(C)C.[Li+]. The van der Waals surface area contributed by atoms with Gasteiger partial charge in [0.2, 0.25) is 0 Å². The fourth-order valence-corrected chi connectivity index (χ4v) is 2.85. The van der Waals surface area contributed by atoms with Crippen LogP contribution in [0.25, 0.3) is 0 Å². The van der Waals surface area contributed by atoms with Crippen LogP contribution in [0.5, 0.6) is 11.5 Å². The molecule has 0 aliphatic carbocycles. The van der Waals surface area contributed by atoms with E-state index in [9.17, 15) is 4.79 Å². The Bertz CT molecular complexity index is 438. The third-order valence-electron chi connectivity index (χ3n) is 2.31. The van der Waals surface area contributed by atoms with Gasteiger partial charge < -0.3 is 22.8 Å². The van der Waals surface area contributed by atoms with Crippen molar-refractivity contribution in [1.29, 1.82) is 0 Å². The van der Waals surface area contributed by atoms with Gasteiger partial charge in [0.15, 0.2) is 0 Å². The summed E-state index contributed by atoms with van der Waals surface area (Å²) in [5.74, 6) is 1.58. The maximum absolute atomic E-state index is 12.3. The average Bonchev–Trinajstić information content (AvgIpc) is 2.35. The third kappa shape index (κ3) is 5.12. The number of hydrogen-bond acceptors (Lipinski definition) is 3. The van der Waals surface area contributed by atoms with E-state index in [1.54, 1.807) is 20.3 Å². The van der Waals surface area contributed by atoms with Crippen LogP contribution in [0.3, 0.4) is 0 Å². The molecule has 0 radical (unpaired) electrons. The molecule has 3 nitrogen and oxygen atoms in total. The van der Waals surface area contributed by atoms with Crippen molar-refractivity contribution < 1.29 is 33.1 Å². The summed E-state index contributed by atoms with van der Waals surface area (Å²) in [5, 5.41) is 0. The number of halogens is 1. The smallest absolute Gasteiger partial charge is 0.496 e. The molecule has 0 unspecified atom stereocenters. The minimum Gasteiger partial charge on any atom is -0.496 e. The third-order valence-corrected chi connectivity index (χ3v) is 4.36. The molecular formula is C13H17BrLiO3P. The van der Waals surface area contributed by atoms with Gasteiger partial charge in [0.1, 0.15) is 11.5 Å². The molecule has 0 heterocycles. The van der Waals surface area contributed by atoms with Crippen molar-refractivity contribution in [3.8, 4) is 11.5 Å². The first-order chi connectivity index (χ1) is 8.51. The molecule has 0 bridgehead atoms. The van der Waals surface area contributed by atoms with Crippen molar-refractivity contribution in [2.45, 2.75) is 13.8 Å². The largest absolute Gasteiger partial charge is 1.00 e. The number of hydrogen-bond donors (Lipinski definition) is 0. The second-order valence-electron chi connectivity index (χ2n) is 4.20. The van der Waals surface area contributed by atoms with Crippen LogP contribution in [0.2, 0.25) is 0 Å². The number of carbonyl (C=O) groups excluding carboxylic acids is 1. The molecule has 1 aromatic carbocycles. The Kier molecular flexibility index (Phi) is 9.03. The van der Waals surface area contributed by atoms with E-state index in [4.69, 9.17) is 9.47 Å². The van der Waals surface area contributed by atoms with Gasteiger partial charge in [-0.3, -0.25) is 0 Å². The van der Waals surface area contributed by atoms with Gasteiger partial charge in [0.25, 0.3) is 0 Å². The molecule has 19 heavy (non-hydrogen) atoms. The molecular weight excluding hydrogens is 322 g/mol. The number of ether oxygens (including phenoxy) is 2. The maximum Gasteiger partial charge on any atom is 1.00 e. The van der Waals surface area contributed by atoms with Gasteiger partial charge in [-0.05, 0) is 28.1 Å². The van der Waals surface area contributed by atoms with Crippen LogP contribution in [0, 0.1) is 5.92 Å². The first kappa shape index (κ1) is 19.0. The minimum atomic E-state index is 0. The maximum atomic E-state index is 12.3. The molecule has 0 spiro atoms. The molecule has 6 heteroatoms. The summed E-state index contributed by atoms with van der Waals surface area (Å²) in [4.78, 5) is 12.3. The van der Waals surface area contributed by atoms with E-state index in [1.165, 1.54) is 0 Å². The van der Waals surface area contributed by atoms with Crippen molar-refractivity contribution >= 4 is 30.0 Å². The number of rotatable bonds is 6. The van der Waals surface area contributed by atoms with Crippen LogP contribution in [-0.4, -0.2) is 25.9 Å². The molecule has 1 rings (SSSR count). The topological polar surface area (TPSA) is 35.5 Å². The van der Waals surface area contributed by atoms with Crippen molar-refractivity contribution in [3.05, 3.63) is 22.2 Å². The van der Waals surface area contributed by atoms with E-state index in [2.05, 4.69) is 29.8 Å². The van der Waals surface area contributed by atoms with Gasteiger partial charge >= 0.3 is 18.9 Å². The Hall–Kier alpha value is -0.00260. The van der Waals surface area contributed by atoms with Crippen molar-refractivity contribution in [2.75, 3.05) is 20.4 Å². The normalized spacial score (nSPS) is 10.6. The molecule has 0 aliphatic heterocycles. The molecule has 0 fully saturated rings. The predicted octanol–water partition coefficient (Wildman–Crippen LogP) is 1.21. The summed E-state index contributed by atoms with van der Waals surface area (Å²) >= 11 is 3.38. The van der Waals surface area contributed by atoms with Crippen LogP contribution in [-0.2, 0) is 0 Å². The molecule has 0 aromatic heterocycles. The quantitative estimate of drug-likeness (QED) is 0.578. The van der Waals surface area contributed by atoms with Crippen molar-refractivity contribution in [1.82, 2.24) is 0 Å². The molecule has 0 amide bonds. The second kappa shape index (κ2) is 9.03. The summed E-state index contributed by atoms with van der Waals surface area (Å²) in [6.45, 7) is 4.19. The average molecular weight is 339 g/mol. The molecule has 1 aromatic rings. The van der Waals surface area contributed by atoms with E-state index in [0.29, 0.717) is 23.0 Å². The number of benzene rings is 1. The summed E-state index contributed by atoms with van der Waals surface area (Å²) in [6.07, 6.45) is 0.831. The van der Waals surface area contributed by atoms with Crippen LogP contribution >= 0.6 is 24.5 Å². The van der Waals surface area contributed by atoms with Crippen LogP contribution < -0.4 is 28.3 Å². The Morgan fingerprint density at radius 1 is 1.32 bits per heavy atom. The van der Waals surface area contributed by atoms with E-state index < -0.39 is 0 Å². The van der Waals surface area contributed by atoms with Crippen molar-refractivity contribution in [2.24, 2.45) is 5.92 Å². The molecule has 0 atom stereocenters. The standard InChI is InChI=1S/C13H17BrO3P.Li/c1-8(2)7-18-13(15)11-10(16-3)6-5-9(14)12(11)17-4;/h5-6,8H,7H2,1-4H3;/q-1;+1. The molecule has 0 saturated carbocycles. The first-order valence-electron chi connectivity index (χ1n) is 5.63. The minimum absolute atomic E-state index is 0. The second-order valence-corrected chi connectivity index (χ2v) is 6.14. The summed E-state index contributed by atoms with van der Waals surface area (Å²) in [6, 6.07) is 3.58. The van der Waals surface area contributed by atoms with Crippen LogP contribution in [0.1, 0.15) is 24.2 Å². The van der Waals surface area contributed by atoms with E-state index in [0.717, 1.165) is 19.2 Å². The Morgan fingerprint density at radius 3 is 2.42 bits per heavy atom. The van der Waals surface area contributed by atoms with E-state index in [-0.39, 0.29) is 24.4 Å². The van der Waals surface area contributed by atoms with Crippen LogP contribution in [0.4, 0.5) is 0 Å². The summed E-state index contributed by atoms with van der Waals surface area (Å²) in [5.41, 5.74) is 0.537. The van der Waals surface area contributed by atoms with Gasteiger partial charge in [-0.2, -0.15) is 6.16 Å². The van der Waals surface area contributed by atoms with Gasteiger partial charge in [-0.15, -0.1) is 0 Å². The van der Waals surface area contributed by atoms with Crippen molar-refractivity contribution in [3.63, 3.8) is 0 Å². The van der Waals surface area contributed by atoms with Crippen LogP contribution in [0.15, 0.2) is 16.6 Å². The van der Waals surface area contributed by atoms with Gasteiger partial charge in [0, 0.05) is 5.52 Å². The zero-order valence-electron chi connectivity index (χ0n) is 12.0. The molecule has 0 aliphatic rings. The van der Waals surface area contributed by atoms with Gasteiger partial charge in [-0.1, -0.05) is 19.8 Å². The van der Waals surface area contributed by atoms with Gasteiger partial charge in [-0.25, -0.2) is 0 Å². The predicted molar refractivity (Wildman–Crippen MR) is 78.2 cm³/mol. The molecule has 0 saturated heterocycles. The summed E-state index contributed by atoms with van der Waals surface area (Å²) in [7, 11) is 3.87. The summed E-state index contributed by atoms with van der Waals surface area (Å²) < 4.78 is 11.3. The fraction of sp³-hybridized carbons (Fsp3) is 0.462. The zero-order valence-corrected chi connectivity index (χ0v) is 14.5. The number of carbonyl (C=O) groups is 1. The Labute approximate surface area is 136 Å². The number of methoxy groups -OCH3 is 2. The molecule has 0 N–H and O–H groups in total. The Balaban J connectivity index is 0.00000324. The first-order valence-corrected chi connectivity index (χ1v) is 7.50. The zero-order chi connectivity index (χ0) is 13.7. The molecule has 100 valence electrons.